The fourth-order valence-electron chi connectivity index (χ4n) is 4.59. The van der Waals surface area contributed by atoms with E-state index in [9.17, 15) is 41.0 Å². The van der Waals surface area contributed by atoms with Crippen LogP contribution in [0.3, 0.4) is 0 Å². The van der Waals surface area contributed by atoms with Gasteiger partial charge in [0.25, 0.3) is 0 Å². The number of ether oxygens (including phenoxy) is 1. The Morgan fingerprint density at radius 2 is 1.47 bits per heavy atom. The van der Waals surface area contributed by atoms with Crippen molar-refractivity contribution < 1.29 is 45.8 Å². The van der Waals surface area contributed by atoms with Gasteiger partial charge in [-0.3, -0.25) is 0 Å². The number of halogens is 6. The first-order valence-electron chi connectivity index (χ1n) is 10.9. The lowest BCUT2D eigenvalue weighted by Crippen LogP contribution is -2.65. The summed E-state index contributed by atoms with van der Waals surface area (Å²) in [4.78, 5) is 24.1. The van der Waals surface area contributed by atoms with Gasteiger partial charge in [-0.1, -0.05) is 54.6 Å². The number of hydrogen-bond donors (Lipinski definition) is 2. The molecule has 0 radical (unpaired) electrons. The minimum Gasteiger partial charge on any atom is -0.480 e. The van der Waals surface area contributed by atoms with Crippen molar-refractivity contribution in [3.05, 3.63) is 72.3 Å². The van der Waals surface area contributed by atoms with Crippen LogP contribution in [-0.4, -0.2) is 42.2 Å². The highest BCUT2D eigenvalue weighted by atomic mass is 19.4. The molecule has 1 aliphatic rings. The van der Waals surface area contributed by atoms with Gasteiger partial charge in [0, 0.05) is 5.92 Å². The van der Waals surface area contributed by atoms with E-state index < -0.39 is 61.2 Å². The van der Waals surface area contributed by atoms with Gasteiger partial charge in [-0.2, -0.15) is 26.3 Å². The Morgan fingerprint density at radius 3 is 1.92 bits per heavy atom. The molecule has 0 saturated heterocycles. The summed E-state index contributed by atoms with van der Waals surface area (Å²) in [5.74, 6) is -3.02. The van der Waals surface area contributed by atoms with Gasteiger partial charge < -0.3 is 15.2 Å². The monoisotopic (exact) mass is 515 g/mol. The highest BCUT2D eigenvalue weighted by Gasteiger charge is 2.75. The molecule has 1 unspecified atom stereocenters. The fourth-order valence-corrected chi connectivity index (χ4v) is 4.59. The maximum atomic E-state index is 13.9. The first-order valence-corrected chi connectivity index (χ1v) is 10.9. The summed E-state index contributed by atoms with van der Waals surface area (Å²) in [6.45, 7) is 2.84. The number of carboxylic acids is 1. The predicted molar refractivity (Wildman–Crippen MR) is 118 cm³/mol. The Kier molecular flexibility index (Phi) is 7.70. The third-order valence-corrected chi connectivity index (χ3v) is 6.34. The molecule has 1 amide bonds. The lowest BCUT2D eigenvalue weighted by Gasteiger charge is -2.41. The topological polar surface area (TPSA) is 75.6 Å². The molecule has 0 aromatic heterocycles. The van der Waals surface area contributed by atoms with Gasteiger partial charge in [0.05, 0.1) is 0 Å². The Morgan fingerprint density at radius 1 is 0.972 bits per heavy atom. The number of allylic oxidation sites excluding steroid dienone is 1. The molecule has 0 aliphatic heterocycles. The van der Waals surface area contributed by atoms with E-state index in [0.717, 1.165) is 28.3 Å². The summed E-state index contributed by atoms with van der Waals surface area (Å²) in [7, 11) is 0. The second kappa shape index (κ2) is 10.2. The zero-order chi connectivity index (χ0) is 26.7. The normalized spacial score (nSPS) is 14.5. The third-order valence-electron chi connectivity index (χ3n) is 6.34. The highest BCUT2D eigenvalue weighted by Crippen LogP contribution is 2.56. The van der Waals surface area contributed by atoms with Crippen molar-refractivity contribution in [1.29, 1.82) is 0 Å². The van der Waals surface area contributed by atoms with Crippen molar-refractivity contribution in [2.75, 3.05) is 6.61 Å². The van der Waals surface area contributed by atoms with E-state index >= 15 is 0 Å². The number of nitrogens with one attached hydrogen (secondary N) is 1. The Labute approximate surface area is 202 Å². The van der Waals surface area contributed by atoms with Crippen molar-refractivity contribution in [1.82, 2.24) is 5.32 Å². The van der Waals surface area contributed by atoms with E-state index in [1.165, 1.54) is 5.32 Å². The van der Waals surface area contributed by atoms with E-state index in [-0.39, 0.29) is 6.42 Å². The lowest BCUT2D eigenvalue weighted by molar-refractivity contribution is -0.350. The zero-order valence-corrected chi connectivity index (χ0v) is 18.8. The van der Waals surface area contributed by atoms with Crippen molar-refractivity contribution >= 4 is 12.1 Å². The molecule has 36 heavy (non-hydrogen) atoms. The molecule has 0 fully saturated rings. The number of alkyl halides is 6. The number of carbonyl (C=O) groups is 2. The van der Waals surface area contributed by atoms with Crippen LogP contribution in [0.1, 0.15) is 36.3 Å². The zero-order valence-electron chi connectivity index (χ0n) is 18.8. The molecule has 11 heteroatoms. The standard InChI is InChI=1S/C25H23F6NO4/c1-2-3-8-13-23(24(26,27)28,25(29,30)31)20(21(33)34)32-22(35)36-14-19-17-11-6-4-9-15(17)16-10-5-7-12-18(16)19/h2,4-7,9-12,19-20H,1,3,8,13-14H2,(H,32,35)(H,33,34). The molecular formula is C25H23F6NO4. The van der Waals surface area contributed by atoms with Gasteiger partial charge in [-0.25, -0.2) is 9.59 Å². The third kappa shape index (κ3) is 4.91. The van der Waals surface area contributed by atoms with Crippen LogP contribution in [0.4, 0.5) is 31.1 Å². The molecule has 5 nitrogen and oxygen atoms in total. The highest BCUT2D eigenvalue weighted by molar-refractivity contribution is 5.82. The molecule has 2 aromatic rings. The summed E-state index contributed by atoms with van der Waals surface area (Å²) in [6, 6.07) is 10.9. The average Bonchev–Trinajstić information content (AvgIpc) is 3.11. The van der Waals surface area contributed by atoms with Crippen LogP contribution in [0, 0.1) is 5.41 Å². The number of hydrogen-bond acceptors (Lipinski definition) is 3. The van der Waals surface area contributed by atoms with Gasteiger partial charge >= 0.3 is 24.4 Å². The molecule has 194 valence electrons. The minimum absolute atomic E-state index is 0.217. The number of aliphatic carboxylic acids is 1. The number of unbranched alkanes of at least 4 members (excludes halogenated alkanes) is 1. The molecular weight excluding hydrogens is 492 g/mol. The summed E-state index contributed by atoms with van der Waals surface area (Å²) in [5, 5.41) is 10.7. The van der Waals surface area contributed by atoms with Crippen LogP contribution >= 0.6 is 0 Å². The second-order valence-electron chi connectivity index (χ2n) is 8.39. The van der Waals surface area contributed by atoms with E-state index in [0.29, 0.717) is 0 Å². The van der Waals surface area contributed by atoms with Gasteiger partial charge in [0.15, 0.2) is 11.5 Å². The first-order chi connectivity index (χ1) is 16.8. The smallest absolute Gasteiger partial charge is 0.407 e. The number of rotatable bonds is 9. The van der Waals surface area contributed by atoms with E-state index in [2.05, 4.69) is 6.58 Å². The summed E-state index contributed by atoms with van der Waals surface area (Å²) in [5.41, 5.74) is -1.53. The Balaban J connectivity index is 1.86. The number of carboxylic acid groups (broad SMARTS) is 1. The summed E-state index contributed by atoms with van der Waals surface area (Å²) < 4.78 is 88.5. The molecule has 1 atom stereocenters. The number of amides is 1. The molecule has 0 bridgehead atoms. The lowest BCUT2D eigenvalue weighted by atomic mass is 9.74. The quantitative estimate of drug-likeness (QED) is 0.229. The maximum absolute atomic E-state index is 13.9. The van der Waals surface area contributed by atoms with Crippen LogP contribution in [-0.2, 0) is 9.53 Å². The molecule has 0 heterocycles. The van der Waals surface area contributed by atoms with E-state index in [1.54, 1.807) is 36.4 Å². The second-order valence-corrected chi connectivity index (χ2v) is 8.39. The van der Waals surface area contributed by atoms with Crippen LogP contribution in [0.25, 0.3) is 11.1 Å². The average molecular weight is 515 g/mol. The fraction of sp³-hybridized carbons (Fsp3) is 0.360. The summed E-state index contributed by atoms with van der Waals surface area (Å²) in [6.07, 6.45) is -15.1. The van der Waals surface area contributed by atoms with Gasteiger partial charge in [0.2, 0.25) is 0 Å². The number of carbonyl (C=O) groups excluding carboxylic acids is 1. The predicted octanol–water partition coefficient (Wildman–Crippen LogP) is 6.45. The van der Waals surface area contributed by atoms with Crippen LogP contribution < -0.4 is 5.32 Å². The number of benzene rings is 2. The Hall–Kier alpha value is -3.50. The molecule has 2 N–H and O–H groups in total. The van der Waals surface area contributed by atoms with Gasteiger partial charge in [0.1, 0.15) is 6.61 Å². The van der Waals surface area contributed by atoms with E-state index in [1.807, 2.05) is 12.1 Å². The largest absolute Gasteiger partial charge is 0.480 e. The van der Waals surface area contributed by atoms with Crippen LogP contribution in [0.15, 0.2) is 61.2 Å². The van der Waals surface area contributed by atoms with Crippen molar-refractivity contribution in [2.24, 2.45) is 5.41 Å². The molecule has 0 spiro atoms. The maximum Gasteiger partial charge on any atom is 0.407 e. The van der Waals surface area contributed by atoms with Crippen molar-refractivity contribution in [2.45, 2.75) is 43.6 Å². The SMILES string of the molecule is C=CCCCC(C(NC(=O)OCC1c2ccccc2-c2ccccc21)C(=O)O)(C(F)(F)F)C(F)(F)F. The van der Waals surface area contributed by atoms with Gasteiger partial charge in [-0.15, -0.1) is 6.58 Å². The van der Waals surface area contributed by atoms with E-state index in [4.69, 9.17) is 4.74 Å². The van der Waals surface area contributed by atoms with Crippen LogP contribution in [0.5, 0.6) is 0 Å². The van der Waals surface area contributed by atoms with Gasteiger partial charge in [-0.05, 0) is 41.5 Å². The van der Waals surface area contributed by atoms with Crippen LogP contribution in [0.2, 0.25) is 0 Å². The molecule has 2 aromatic carbocycles. The molecule has 3 rings (SSSR count). The first kappa shape index (κ1) is 27.1. The number of fused-ring (bicyclic) bond motifs is 3. The Bertz CT molecular complexity index is 1070. The molecule has 1 aliphatic carbocycles. The van der Waals surface area contributed by atoms with Crippen molar-refractivity contribution in [3.63, 3.8) is 0 Å². The number of alkyl carbamates (subject to hydrolysis) is 1. The minimum atomic E-state index is -6.04. The summed E-state index contributed by atoms with van der Waals surface area (Å²) >= 11 is 0. The molecule has 0 saturated carbocycles. The van der Waals surface area contributed by atoms with Crippen molar-refractivity contribution in [3.8, 4) is 11.1 Å².